The lowest BCUT2D eigenvalue weighted by molar-refractivity contribution is -0.384. The van der Waals surface area contributed by atoms with E-state index < -0.39 is 27.3 Å². The monoisotopic (exact) mass is 656 g/mol. The van der Waals surface area contributed by atoms with Crippen molar-refractivity contribution in [1.29, 1.82) is 0 Å². The summed E-state index contributed by atoms with van der Waals surface area (Å²) in [5, 5.41) is 11.1. The summed E-state index contributed by atoms with van der Waals surface area (Å²) < 4.78 is 24.6. The van der Waals surface area contributed by atoms with Crippen molar-refractivity contribution in [3.63, 3.8) is 0 Å². The summed E-state index contributed by atoms with van der Waals surface area (Å²) in [6, 6.07) is 25.8. The van der Waals surface area contributed by atoms with Crippen molar-refractivity contribution in [3.8, 4) is 5.75 Å². The Morgan fingerprint density at radius 1 is 0.812 bits per heavy atom. The third-order valence-electron chi connectivity index (χ3n) is 8.83. The number of nitro groups is 1. The summed E-state index contributed by atoms with van der Waals surface area (Å²) in [6.07, 6.45) is 3.45. The predicted octanol–water partition coefficient (Wildman–Crippen LogP) is 8.63. The number of carbonyl (C=O) groups excluding carboxylic acids is 1. The maximum atomic E-state index is 14.4. The van der Waals surface area contributed by atoms with Gasteiger partial charge < -0.3 is 18.8 Å². The van der Waals surface area contributed by atoms with Gasteiger partial charge in [0.1, 0.15) is 11.4 Å². The number of benzene rings is 3. The number of aliphatic imine (C=N–C) groups is 1. The molecule has 0 amide bonds. The molecule has 0 spiro atoms. The predicted molar refractivity (Wildman–Crippen MR) is 190 cm³/mol. The van der Waals surface area contributed by atoms with E-state index in [9.17, 15) is 14.9 Å². The first-order valence-corrected chi connectivity index (χ1v) is 16.8. The second kappa shape index (κ2) is 15.5. The van der Waals surface area contributed by atoms with Gasteiger partial charge >= 0.3 is 13.1 Å². The molecule has 1 atom stereocenters. The van der Waals surface area contributed by atoms with Gasteiger partial charge in [0.2, 0.25) is 0 Å². The number of hydrogen-bond donors (Lipinski definition) is 0. The SMILES string of the molecule is CC(C)(C)OC(=O)C(CCCCB1OC(C)(C)C(C)(C)O1)(CCCOc1ccc([N+](=O)[O-])cc1)N=C(c1ccccc1)c1ccccc1. The average Bonchev–Trinajstić information content (AvgIpc) is 3.25. The van der Waals surface area contributed by atoms with E-state index in [2.05, 4.69) is 0 Å². The van der Waals surface area contributed by atoms with Crippen LogP contribution >= 0.6 is 0 Å². The molecule has 3 aromatic carbocycles. The van der Waals surface area contributed by atoms with Crippen LogP contribution in [0, 0.1) is 10.1 Å². The molecule has 1 fully saturated rings. The van der Waals surface area contributed by atoms with Crippen molar-refractivity contribution in [2.45, 2.75) is 109 Å². The summed E-state index contributed by atoms with van der Waals surface area (Å²) in [4.78, 5) is 30.4. The summed E-state index contributed by atoms with van der Waals surface area (Å²) in [6.45, 7) is 14.1. The molecule has 48 heavy (non-hydrogen) atoms. The number of hydrogen-bond acceptors (Lipinski definition) is 8. The van der Waals surface area contributed by atoms with E-state index in [1.165, 1.54) is 12.1 Å². The fourth-order valence-electron chi connectivity index (χ4n) is 5.59. The van der Waals surface area contributed by atoms with Crippen LogP contribution in [0.5, 0.6) is 5.75 Å². The molecule has 9 nitrogen and oxygen atoms in total. The number of rotatable bonds is 15. The van der Waals surface area contributed by atoms with E-state index in [1.54, 1.807) is 12.1 Å². The van der Waals surface area contributed by atoms with Crippen LogP contribution < -0.4 is 4.74 Å². The Balaban J connectivity index is 1.65. The lowest BCUT2D eigenvalue weighted by Gasteiger charge is -2.33. The maximum Gasteiger partial charge on any atom is 0.457 e. The highest BCUT2D eigenvalue weighted by Crippen LogP contribution is 2.39. The summed E-state index contributed by atoms with van der Waals surface area (Å²) >= 11 is 0. The zero-order chi connectivity index (χ0) is 35.0. The molecule has 256 valence electrons. The van der Waals surface area contributed by atoms with Crippen molar-refractivity contribution in [1.82, 2.24) is 0 Å². The fourth-order valence-corrected chi connectivity index (χ4v) is 5.59. The molecule has 0 N–H and O–H groups in total. The molecule has 1 saturated heterocycles. The molecule has 4 rings (SSSR count). The molecule has 0 saturated carbocycles. The molecule has 1 aliphatic rings. The van der Waals surface area contributed by atoms with Crippen molar-refractivity contribution in [2.24, 2.45) is 4.99 Å². The van der Waals surface area contributed by atoms with Crippen LogP contribution in [-0.2, 0) is 18.8 Å². The average molecular weight is 657 g/mol. The Bertz CT molecular complexity index is 1480. The summed E-state index contributed by atoms with van der Waals surface area (Å²) in [7, 11) is -0.325. The van der Waals surface area contributed by atoms with Gasteiger partial charge in [0.15, 0.2) is 5.54 Å². The topological polar surface area (TPSA) is 109 Å². The molecule has 0 aliphatic carbocycles. The van der Waals surface area contributed by atoms with Gasteiger partial charge in [0, 0.05) is 23.3 Å². The van der Waals surface area contributed by atoms with E-state index in [4.69, 9.17) is 23.8 Å². The molecule has 1 unspecified atom stereocenters. The Labute approximate surface area is 285 Å². The summed E-state index contributed by atoms with van der Waals surface area (Å²) in [5.41, 5.74) is -0.261. The third-order valence-corrected chi connectivity index (χ3v) is 8.83. The minimum Gasteiger partial charge on any atom is -0.494 e. The zero-order valence-electron chi connectivity index (χ0n) is 29.4. The van der Waals surface area contributed by atoms with Gasteiger partial charge in [-0.25, -0.2) is 4.79 Å². The number of nitro benzene ring substituents is 1. The van der Waals surface area contributed by atoms with Crippen molar-refractivity contribution >= 4 is 24.5 Å². The van der Waals surface area contributed by atoms with Crippen LogP contribution in [0.3, 0.4) is 0 Å². The second-order valence-electron chi connectivity index (χ2n) is 14.4. The highest BCUT2D eigenvalue weighted by molar-refractivity contribution is 6.45. The number of ether oxygens (including phenoxy) is 2. The minimum atomic E-state index is -1.22. The molecule has 0 aromatic heterocycles. The number of esters is 1. The van der Waals surface area contributed by atoms with E-state index >= 15 is 0 Å². The van der Waals surface area contributed by atoms with Crippen LogP contribution in [0.25, 0.3) is 0 Å². The normalized spacial score (nSPS) is 16.5. The number of nitrogens with zero attached hydrogens (tertiary/aromatic N) is 2. The van der Waals surface area contributed by atoms with Gasteiger partial charge in [0.05, 0.1) is 28.4 Å². The molecule has 0 radical (unpaired) electrons. The van der Waals surface area contributed by atoms with Gasteiger partial charge in [-0.1, -0.05) is 73.5 Å². The Kier molecular flexibility index (Phi) is 11.9. The minimum absolute atomic E-state index is 0.00415. The van der Waals surface area contributed by atoms with Crippen LogP contribution in [-0.4, -0.2) is 52.7 Å². The zero-order valence-corrected chi connectivity index (χ0v) is 29.4. The van der Waals surface area contributed by atoms with Gasteiger partial charge in [-0.05, 0) is 86.2 Å². The molecule has 1 aliphatic heterocycles. The highest BCUT2D eigenvalue weighted by atomic mass is 16.7. The molecule has 10 heteroatoms. The lowest BCUT2D eigenvalue weighted by Crippen LogP contribution is -2.43. The fraction of sp³-hybridized carbons (Fsp3) is 0.474. The molecule has 3 aromatic rings. The van der Waals surface area contributed by atoms with Gasteiger partial charge in [-0.2, -0.15) is 0 Å². The maximum absolute atomic E-state index is 14.4. The Morgan fingerprint density at radius 2 is 1.33 bits per heavy atom. The number of unbranched alkanes of at least 4 members (excludes halogenated alkanes) is 1. The van der Waals surface area contributed by atoms with E-state index in [0.717, 1.165) is 17.5 Å². The van der Waals surface area contributed by atoms with E-state index in [1.807, 2.05) is 109 Å². The molecule has 0 bridgehead atoms. The quantitative estimate of drug-likeness (QED) is 0.0402. The van der Waals surface area contributed by atoms with E-state index in [-0.39, 0.29) is 25.4 Å². The number of non-ortho nitro benzene ring substituents is 1. The largest absolute Gasteiger partial charge is 0.494 e. The van der Waals surface area contributed by atoms with Crippen LogP contribution in [0.1, 0.15) is 91.7 Å². The first kappa shape index (κ1) is 36.8. The van der Waals surface area contributed by atoms with Gasteiger partial charge in [-0.15, -0.1) is 0 Å². The van der Waals surface area contributed by atoms with Crippen molar-refractivity contribution < 1.29 is 28.5 Å². The Morgan fingerprint density at radius 3 is 1.83 bits per heavy atom. The third kappa shape index (κ3) is 9.76. The second-order valence-corrected chi connectivity index (χ2v) is 14.4. The van der Waals surface area contributed by atoms with Crippen molar-refractivity contribution in [2.75, 3.05) is 6.61 Å². The smallest absolute Gasteiger partial charge is 0.457 e. The first-order valence-electron chi connectivity index (χ1n) is 16.8. The standard InChI is InChI=1S/C38H49BN2O7/c1-35(2,3)46-34(42)38(25-14-15-27-39-47-36(4,5)37(6,7)48-39,26-16-28-45-32-23-21-31(22-24-32)41(43)44)40-33(29-17-10-8-11-18-29)30-19-12-9-13-20-30/h8-13,17-24H,14-16,25-28H2,1-7H3. The first-order chi connectivity index (χ1) is 22.6. The highest BCUT2D eigenvalue weighted by Gasteiger charge is 2.50. The Hall–Kier alpha value is -4.02. The lowest BCUT2D eigenvalue weighted by atomic mass is 9.80. The van der Waals surface area contributed by atoms with Crippen LogP contribution in [0.15, 0.2) is 89.9 Å². The molecular formula is C38H49BN2O7. The molecular weight excluding hydrogens is 607 g/mol. The van der Waals surface area contributed by atoms with Gasteiger partial charge in [-0.3, -0.25) is 15.1 Å². The number of carbonyl (C=O) groups is 1. The molecule has 1 heterocycles. The van der Waals surface area contributed by atoms with E-state index in [0.29, 0.717) is 43.5 Å². The van der Waals surface area contributed by atoms with Gasteiger partial charge in [0.25, 0.3) is 5.69 Å². The van der Waals surface area contributed by atoms with Crippen LogP contribution in [0.2, 0.25) is 6.32 Å². The van der Waals surface area contributed by atoms with Crippen LogP contribution in [0.4, 0.5) is 5.69 Å². The summed E-state index contributed by atoms with van der Waals surface area (Å²) in [5.74, 6) is 0.133. The van der Waals surface area contributed by atoms with Crippen molar-refractivity contribution in [3.05, 3.63) is 106 Å².